The van der Waals surface area contributed by atoms with Gasteiger partial charge < -0.3 is 10.2 Å². The van der Waals surface area contributed by atoms with Crippen LogP contribution < -0.4 is 5.32 Å². The Bertz CT molecular complexity index is 388. The van der Waals surface area contributed by atoms with E-state index in [4.69, 9.17) is 0 Å². The molecule has 3 rings (SSSR count). The molecule has 3 aliphatic rings. The van der Waals surface area contributed by atoms with Crippen LogP contribution in [-0.2, 0) is 9.59 Å². The van der Waals surface area contributed by atoms with Gasteiger partial charge in [-0.05, 0) is 37.5 Å². The Morgan fingerprint density at radius 3 is 2.62 bits per heavy atom. The van der Waals surface area contributed by atoms with Crippen molar-refractivity contribution in [3.63, 3.8) is 0 Å². The van der Waals surface area contributed by atoms with Crippen molar-refractivity contribution >= 4 is 11.8 Å². The number of carbonyl (C=O) groups is 2. The van der Waals surface area contributed by atoms with Crippen molar-refractivity contribution in [1.82, 2.24) is 10.2 Å². The Morgan fingerprint density at radius 1 is 1.10 bits per heavy atom. The normalized spacial score (nSPS) is 31.2. The van der Waals surface area contributed by atoms with Crippen LogP contribution in [0.4, 0.5) is 0 Å². The average Bonchev–Trinajstić information content (AvgIpc) is 2.75. The van der Waals surface area contributed by atoms with Crippen LogP contribution in [0.1, 0.15) is 64.2 Å². The maximum atomic E-state index is 12.6. The summed E-state index contributed by atoms with van der Waals surface area (Å²) in [6.45, 7) is 1.68. The fourth-order valence-corrected chi connectivity index (χ4v) is 4.28. The molecule has 0 radical (unpaired) electrons. The molecule has 0 bridgehead atoms. The molecule has 4 heteroatoms. The maximum Gasteiger partial charge on any atom is 0.222 e. The second kappa shape index (κ2) is 6.80. The standard InChI is InChI=1S/C17H28N2O2/c20-16-8-7-14-12-19(10-9-15(14)18-16)17(21)11-13-5-3-1-2-4-6-13/h13-15H,1-12H2,(H,18,20). The summed E-state index contributed by atoms with van der Waals surface area (Å²) < 4.78 is 0. The largest absolute Gasteiger partial charge is 0.353 e. The van der Waals surface area contributed by atoms with Crippen molar-refractivity contribution in [3.8, 4) is 0 Å². The molecule has 21 heavy (non-hydrogen) atoms. The van der Waals surface area contributed by atoms with Crippen LogP contribution in [0.2, 0.25) is 0 Å². The van der Waals surface area contributed by atoms with E-state index in [9.17, 15) is 9.59 Å². The molecule has 0 spiro atoms. The van der Waals surface area contributed by atoms with Crippen LogP contribution in [0.5, 0.6) is 0 Å². The number of rotatable bonds is 2. The Labute approximate surface area is 127 Å². The first-order valence-corrected chi connectivity index (χ1v) is 8.79. The van der Waals surface area contributed by atoms with Gasteiger partial charge in [0.05, 0.1) is 0 Å². The number of nitrogens with one attached hydrogen (secondary N) is 1. The smallest absolute Gasteiger partial charge is 0.222 e. The Hall–Kier alpha value is -1.06. The van der Waals surface area contributed by atoms with Crippen molar-refractivity contribution in [3.05, 3.63) is 0 Å². The Kier molecular flexibility index (Phi) is 4.81. The quantitative estimate of drug-likeness (QED) is 0.795. The third-order valence-electron chi connectivity index (χ3n) is 5.61. The third kappa shape index (κ3) is 3.78. The topological polar surface area (TPSA) is 49.4 Å². The Balaban J connectivity index is 1.50. The molecule has 2 amide bonds. The summed E-state index contributed by atoms with van der Waals surface area (Å²) in [7, 11) is 0. The van der Waals surface area contributed by atoms with Gasteiger partial charge in [0.15, 0.2) is 0 Å². The summed E-state index contributed by atoms with van der Waals surface area (Å²) in [6.07, 6.45) is 11.0. The van der Waals surface area contributed by atoms with Gasteiger partial charge in [0.2, 0.25) is 11.8 Å². The van der Waals surface area contributed by atoms with Gasteiger partial charge in [0, 0.05) is 32.0 Å². The first-order valence-electron chi connectivity index (χ1n) is 8.79. The van der Waals surface area contributed by atoms with Gasteiger partial charge >= 0.3 is 0 Å². The van der Waals surface area contributed by atoms with E-state index >= 15 is 0 Å². The lowest BCUT2D eigenvalue weighted by Gasteiger charge is -2.41. The lowest BCUT2D eigenvalue weighted by molar-refractivity contribution is -0.135. The Morgan fingerprint density at radius 2 is 1.86 bits per heavy atom. The monoisotopic (exact) mass is 292 g/mol. The van der Waals surface area contributed by atoms with E-state index in [1.807, 2.05) is 0 Å². The fraction of sp³-hybridized carbons (Fsp3) is 0.882. The van der Waals surface area contributed by atoms with Crippen molar-refractivity contribution < 1.29 is 9.59 Å². The lowest BCUT2D eigenvalue weighted by Crippen LogP contribution is -2.55. The molecule has 1 aliphatic carbocycles. The van der Waals surface area contributed by atoms with Gasteiger partial charge in [-0.2, -0.15) is 0 Å². The van der Waals surface area contributed by atoms with Crippen LogP contribution in [0.25, 0.3) is 0 Å². The van der Waals surface area contributed by atoms with Gasteiger partial charge in [-0.25, -0.2) is 0 Å². The molecule has 0 aromatic heterocycles. The van der Waals surface area contributed by atoms with E-state index in [-0.39, 0.29) is 5.91 Å². The van der Waals surface area contributed by atoms with Gasteiger partial charge in [-0.1, -0.05) is 25.7 Å². The summed E-state index contributed by atoms with van der Waals surface area (Å²) in [5.74, 6) is 1.64. The highest BCUT2D eigenvalue weighted by atomic mass is 16.2. The fourth-order valence-electron chi connectivity index (χ4n) is 4.28. The summed E-state index contributed by atoms with van der Waals surface area (Å²) in [5, 5.41) is 3.09. The zero-order valence-corrected chi connectivity index (χ0v) is 13.0. The van der Waals surface area contributed by atoms with Gasteiger partial charge in [-0.15, -0.1) is 0 Å². The molecule has 118 valence electrons. The van der Waals surface area contributed by atoms with Crippen molar-refractivity contribution in [2.45, 2.75) is 70.3 Å². The lowest BCUT2D eigenvalue weighted by atomic mass is 9.84. The van der Waals surface area contributed by atoms with E-state index in [0.717, 1.165) is 32.4 Å². The molecule has 3 fully saturated rings. The third-order valence-corrected chi connectivity index (χ3v) is 5.61. The van der Waals surface area contributed by atoms with Crippen molar-refractivity contribution in [2.75, 3.05) is 13.1 Å². The molecule has 1 N–H and O–H groups in total. The van der Waals surface area contributed by atoms with E-state index < -0.39 is 0 Å². The highest BCUT2D eigenvalue weighted by Gasteiger charge is 2.35. The molecular weight excluding hydrogens is 264 g/mol. The number of hydrogen-bond acceptors (Lipinski definition) is 2. The molecule has 2 saturated heterocycles. The molecule has 1 saturated carbocycles. The van der Waals surface area contributed by atoms with E-state index in [0.29, 0.717) is 30.2 Å². The van der Waals surface area contributed by atoms with Crippen molar-refractivity contribution in [2.24, 2.45) is 11.8 Å². The second-order valence-corrected chi connectivity index (χ2v) is 7.16. The van der Waals surface area contributed by atoms with Crippen LogP contribution in [0.15, 0.2) is 0 Å². The van der Waals surface area contributed by atoms with Gasteiger partial charge in [0.25, 0.3) is 0 Å². The minimum absolute atomic E-state index is 0.189. The highest BCUT2D eigenvalue weighted by Crippen LogP contribution is 2.29. The van der Waals surface area contributed by atoms with E-state index in [1.165, 1.54) is 38.5 Å². The summed E-state index contributed by atoms with van der Waals surface area (Å²) in [5.41, 5.74) is 0. The van der Waals surface area contributed by atoms with Crippen LogP contribution in [-0.4, -0.2) is 35.8 Å². The number of fused-ring (bicyclic) bond motifs is 1. The zero-order chi connectivity index (χ0) is 14.7. The molecule has 2 aliphatic heterocycles. The molecular formula is C17H28N2O2. The summed E-state index contributed by atoms with van der Waals surface area (Å²) in [4.78, 5) is 26.1. The van der Waals surface area contributed by atoms with Crippen LogP contribution >= 0.6 is 0 Å². The van der Waals surface area contributed by atoms with Crippen LogP contribution in [0, 0.1) is 11.8 Å². The number of likely N-dealkylation sites (tertiary alicyclic amines) is 1. The van der Waals surface area contributed by atoms with Crippen LogP contribution in [0.3, 0.4) is 0 Å². The number of carbonyl (C=O) groups excluding carboxylic acids is 2. The predicted octanol–water partition coefficient (Wildman–Crippen LogP) is 2.47. The van der Waals surface area contributed by atoms with E-state index in [1.54, 1.807) is 0 Å². The molecule has 0 aromatic carbocycles. The van der Waals surface area contributed by atoms with Gasteiger partial charge in [0.1, 0.15) is 0 Å². The number of hydrogen-bond donors (Lipinski definition) is 1. The summed E-state index contributed by atoms with van der Waals surface area (Å²) in [6, 6.07) is 0.313. The zero-order valence-electron chi connectivity index (χ0n) is 13.0. The average molecular weight is 292 g/mol. The highest BCUT2D eigenvalue weighted by molar-refractivity contribution is 5.78. The number of piperidine rings is 2. The molecule has 2 heterocycles. The number of amides is 2. The minimum atomic E-state index is 0.189. The molecule has 0 aromatic rings. The second-order valence-electron chi connectivity index (χ2n) is 7.16. The molecule has 2 atom stereocenters. The summed E-state index contributed by atoms with van der Waals surface area (Å²) >= 11 is 0. The van der Waals surface area contributed by atoms with Crippen molar-refractivity contribution in [1.29, 1.82) is 0 Å². The maximum absolute atomic E-state index is 12.6. The minimum Gasteiger partial charge on any atom is -0.353 e. The SMILES string of the molecule is O=C1CCC2CN(C(=O)CC3CCCCCC3)CCC2N1. The predicted molar refractivity (Wildman–Crippen MR) is 81.7 cm³/mol. The van der Waals surface area contributed by atoms with E-state index in [2.05, 4.69) is 10.2 Å². The molecule has 4 nitrogen and oxygen atoms in total. The first-order chi connectivity index (χ1) is 10.2. The van der Waals surface area contributed by atoms with Gasteiger partial charge in [-0.3, -0.25) is 9.59 Å². The number of nitrogens with zero attached hydrogens (tertiary/aromatic N) is 1. The molecule has 2 unspecified atom stereocenters. The first kappa shape index (κ1) is 14.9.